The van der Waals surface area contributed by atoms with Crippen LogP contribution >= 0.6 is 0 Å². The summed E-state index contributed by atoms with van der Waals surface area (Å²) in [6, 6.07) is 10.4. The lowest BCUT2D eigenvalue weighted by atomic mass is 10.2. The highest BCUT2D eigenvalue weighted by Gasteiger charge is 2.01. The molecule has 0 radical (unpaired) electrons. The van der Waals surface area contributed by atoms with Gasteiger partial charge < -0.3 is 0 Å². The van der Waals surface area contributed by atoms with E-state index in [4.69, 9.17) is 0 Å². The molecule has 0 fully saturated rings. The maximum atomic E-state index is 3.42. The lowest BCUT2D eigenvalue weighted by molar-refractivity contribution is 0.264. The zero-order valence-corrected chi connectivity index (χ0v) is 8.62. The van der Waals surface area contributed by atoms with Gasteiger partial charge >= 0.3 is 0 Å². The van der Waals surface area contributed by atoms with Crippen LogP contribution in [0.25, 0.3) is 0 Å². The molecule has 0 aliphatic heterocycles. The molecule has 0 aliphatic rings. The third kappa shape index (κ3) is 3.57. The first-order valence-corrected chi connectivity index (χ1v) is 4.64. The van der Waals surface area contributed by atoms with Gasteiger partial charge in [0.05, 0.1) is 6.17 Å². The molecule has 2 nitrogen and oxygen atoms in total. The van der Waals surface area contributed by atoms with Crippen LogP contribution in [0.4, 0.5) is 0 Å². The zero-order chi connectivity index (χ0) is 9.68. The molecule has 0 spiro atoms. The third-order valence-electron chi connectivity index (χ3n) is 2.22. The van der Waals surface area contributed by atoms with E-state index in [1.807, 2.05) is 6.07 Å². The van der Waals surface area contributed by atoms with Gasteiger partial charge in [0.1, 0.15) is 0 Å². The topological polar surface area (TPSA) is 15.3 Å². The van der Waals surface area contributed by atoms with E-state index in [0.29, 0.717) is 6.17 Å². The van der Waals surface area contributed by atoms with Gasteiger partial charge in [-0.05, 0) is 26.6 Å². The number of nitrogens with zero attached hydrogens (tertiary/aromatic N) is 1. The Morgan fingerprint density at radius 2 is 1.85 bits per heavy atom. The van der Waals surface area contributed by atoms with Crippen LogP contribution in [0.15, 0.2) is 30.3 Å². The molecule has 72 valence electrons. The molecule has 2 heteroatoms. The molecule has 1 aromatic carbocycles. The lowest BCUT2D eigenvalue weighted by Crippen LogP contribution is -2.38. The highest BCUT2D eigenvalue weighted by molar-refractivity contribution is 5.14. The van der Waals surface area contributed by atoms with Gasteiger partial charge in [-0.1, -0.05) is 30.3 Å². The minimum absolute atomic E-state index is 0.417. The van der Waals surface area contributed by atoms with E-state index in [2.05, 4.69) is 55.5 Å². The van der Waals surface area contributed by atoms with Gasteiger partial charge in [-0.25, -0.2) is 0 Å². The normalized spacial score (nSPS) is 13.2. The molecule has 0 saturated carbocycles. The van der Waals surface area contributed by atoms with Crippen molar-refractivity contribution in [3.05, 3.63) is 35.9 Å². The number of hydrogen-bond acceptors (Lipinski definition) is 2. The summed E-state index contributed by atoms with van der Waals surface area (Å²) < 4.78 is 0. The van der Waals surface area contributed by atoms with Gasteiger partial charge in [-0.2, -0.15) is 0 Å². The van der Waals surface area contributed by atoms with E-state index in [0.717, 1.165) is 6.54 Å². The number of nitrogens with one attached hydrogen (secondary N) is 1. The van der Waals surface area contributed by atoms with Gasteiger partial charge in [0, 0.05) is 6.54 Å². The highest BCUT2D eigenvalue weighted by atomic mass is 15.2. The van der Waals surface area contributed by atoms with Crippen molar-refractivity contribution in [1.82, 2.24) is 10.2 Å². The van der Waals surface area contributed by atoms with E-state index in [9.17, 15) is 0 Å². The quantitative estimate of drug-likeness (QED) is 0.706. The Balaban J connectivity index is 2.35. The molecule has 0 aliphatic carbocycles. The zero-order valence-electron chi connectivity index (χ0n) is 8.62. The summed E-state index contributed by atoms with van der Waals surface area (Å²) in [6.45, 7) is 3.09. The van der Waals surface area contributed by atoms with Crippen LogP contribution in [-0.4, -0.2) is 25.2 Å². The van der Waals surface area contributed by atoms with E-state index < -0.39 is 0 Å². The summed E-state index contributed by atoms with van der Waals surface area (Å²) in [5.41, 5.74) is 1.33. The predicted molar refractivity (Wildman–Crippen MR) is 56.4 cm³/mol. The summed E-state index contributed by atoms with van der Waals surface area (Å²) >= 11 is 0. The van der Waals surface area contributed by atoms with E-state index in [1.54, 1.807) is 0 Å². The second-order valence-electron chi connectivity index (χ2n) is 3.51. The smallest absolute Gasteiger partial charge is 0.0565 e. The Kier molecular flexibility index (Phi) is 3.93. The van der Waals surface area contributed by atoms with E-state index in [1.165, 1.54) is 5.56 Å². The van der Waals surface area contributed by atoms with Gasteiger partial charge in [0.2, 0.25) is 0 Å². The molecule has 0 saturated heterocycles. The molecular formula is C11H18N2. The van der Waals surface area contributed by atoms with Crippen LogP contribution < -0.4 is 5.32 Å². The minimum atomic E-state index is 0.417. The fourth-order valence-electron chi connectivity index (χ4n) is 1.04. The summed E-state index contributed by atoms with van der Waals surface area (Å²) in [4.78, 5) is 2.16. The molecule has 13 heavy (non-hydrogen) atoms. The highest BCUT2D eigenvalue weighted by Crippen LogP contribution is 1.98. The van der Waals surface area contributed by atoms with Gasteiger partial charge in [-0.15, -0.1) is 0 Å². The minimum Gasteiger partial charge on any atom is -0.298 e. The summed E-state index contributed by atoms with van der Waals surface area (Å²) in [5, 5.41) is 3.42. The summed E-state index contributed by atoms with van der Waals surface area (Å²) in [5.74, 6) is 0. The fourth-order valence-corrected chi connectivity index (χ4v) is 1.04. The molecule has 0 aromatic heterocycles. The lowest BCUT2D eigenvalue weighted by Gasteiger charge is -2.21. The fraction of sp³-hybridized carbons (Fsp3) is 0.455. The van der Waals surface area contributed by atoms with Crippen LogP contribution in [0.2, 0.25) is 0 Å². The first kappa shape index (κ1) is 10.2. The maximum absolute atomic E-state index is 3.42. The molecule has 1 atom stereocenters. The van der Waals surface area contributed by atoms with E-state index >= 15 is 0 Å². The van der Waals surface area contributed by atoms with Crippen LogP contribution in [0, 0.1) is 0 Å². The maximum Gasteiger partial charge on any atom is 0.0565 e. The van der Waals surface area contributed by atoms with Crippen molar-refractivity contribution in [1.29, 1.82) is 0 Å². The molecule has 0 amide bonds. The largest absolute Gasteiger partial charge is 0.298 e. The van der Waals surface area contributed by atoms with Crippen molar-refractivity contribution in [3.63, 3.8) is 0 Å². The molecule has 0 heterocycles. The summed E-state index contributed by atoms with van der Waals surface area (Å²) in [7, 11) is 4.14. The Bertz CT molecular complexity index is 231. The second kappa shape index (κ2) is 5.00. The average molecular weight is 178 g/mol. The van der Waals surface area contributed by atoms with Gasteiger partial charge in [0.25, 0.3) is 0 Å². The van der Waals surface area contributed by atoms with E-state index in [-0.39, 0.29) is 0 Å². The molecular weight excluding hydrogens is 160 g/mol. The molecule has 1 aromatic rings. The monoisotopic (exact) mass is 178 g/mol. The first-order chi connectivity index (χ1) is 6.20. The molecule has 1 unspecified atom stereocenters. The van der Waals surface area contributed by atoms with Crippen LogP contribution in [-0.2, 0) is 6.54 Å². The van der Waals surface area contributed by atoms with Gasteiger partial charge in [0.15, 0.2) is 0 Å². The number of hydrogen-bond donors (Lipinski definition) is 1. The van der Waals surface area contributed by atoms with Crippen molar-refractivity contribution >= 4 is 0 Å². The van der Waals surface area contributed by atoms with Crippen molar-refractivity contribution in [2.24, 2.45) is 0 Å². The van der Waals surface area contributed by atoms with Crippen molar-refractivity contribution in [2.45, 2.75) is 19.6 Å². The average Bonchev–Trinajstić information content (AvgIpc) is 2.15. The SMILES string of the molecule is CC(NCc1ccccc1)N(C)C. The van der Waals surface area contributed by atoms with Gasteiger partial charge in [-0.3, -0.25) is 10.2 Å². The standard InChI is InChI=1S/C11H18N2/c1-10(13(2)3)12-9-11-7-5-4-6-8-11/h4-8,10,12H,9H2,1-3H3. The number of rotatable bonds is 4. The second-order valence-corrected chi connectivity index (χ2v) is 3.51. The van der Waals surface area contributed by atoms with Crippen LogP contribution in [0.1, 0.15) is 12.5 Å². The summed E-state index contributed by atoms with van der Waals surface area (Å²) in [6.07, 6.45) is 0.417. The van der Waals surface area contributed by atoms with Crippen LogP contribution in [0.5, 0.6) is 0 Å². The Labute approximate surface area is 80.6 Å². The Morgan fingerprint density at radius 3 is 2.38 bits per heavy atom. The van der Waals surface area contributed by atoms with Crippen molar-refractivity contribution in [3.8, 4) is 0 Å². The first-order valence-electron chi connectivity index (χ1n) is 4.64. The number of benzene rings is 1. The Hall–Kier alpha value is -0.860. The van der Waals surface area contributed by atoms with Crippen molar-refractivity contribution < 1.29 is 0 Å². The molecule has 1 rings (SSSR count). The molecule has 0 bridgehead atoms. The third-order valence-corrected chi connectivity index (χ3v) is 2.22. The predicted octanol–water partition coefficient (Wildman–Crippen LogP) is 1.68. The van der Waals surface area contributed by atoms with Crippen LogP contribution in [0.3, 0.4) is 0 Å². The Morgan fingerprint density at radius 1 is 1.23 bits per heavy atom. The molecule has 1 N–H and O–H groups in total. The van der Waals surface area contributed by atoms with Crippen molar-refractivity contribution in [2.75, 3.05) is 14.1 Å².